The second-order valence-electron chi connectivity index (χ2n) is 7.16. The first-order valence-electron chi connectivity index (χ1n) is 9.41. The lowest BCUT2D eigenvalue weighted by molar-refractivity contribution is -0.121. The molecule has 1 aromatic heterocycles. The monoisotopic (exact) mass is 419 g/mol. The van der Waals surface area contributed by atoms with Crippen molar-refractivity contribution >= 4 is 34.7 Å². The van der Waals surface area contributed by atoms with Gasteiger partial charge in [-0.05, 0) is 44.2 Å². The van der Waals surface area contributed by atoms with Crippen molar-refractivity contribution in [2.45, 2.75) is 13.8 Å². The third-order valence-corrected chi connectivity index (χ3v) is 6.13. The molecule has 3 amide bonds. The highest BCUT2D eigenvalue weighted by atomic mass is 32.1. The number of nitrogens with zero attached hydrogens (tertiary/aromatic N) is 3. The van der Waals surface area contributed by atoms with Crippen molar-refractivity contribution in [2.75, 3.05) is 18.2 Å². The van der Waals surface area contributed by atoms with Gasteiger partial charge in [0.15, 0.2) is 6.61 Å². The number of aromatic nitrogens is 1. The van der Waals surface area contributed by atoms with Crippen molar-refractivity contribution in [1.82, 2.24) is 9.88 Å². The second-order valence-corrected chi connectivity index (χ2v) is 8.56. The third-order valence-electron chi connectivity index (χ3n) is 5.24. The zero-order chi connectivity index (χ0) is 21.0. The van der Waals surface area contributed by atoms with Gasteiger partial charge in [0.2, 0.25) is 0 Å². The number of carbonyl (C=O) groups is 3. The number of fused-ring (bicyclic) bond motifs is 2. The minimum atomic E-state index is -0.404. The molecule has 7 nitrogen and oxygen atoms in total. The highest BCUT2D eigenvalue weighted by Crippen LogP contribution is 2.38. The third kappa shape index (κ3) is 2.80. The minimum Gasteiger partial charge on any atom is -0.482 e. The summed E-state index contributed by atoms with van der Waals surface area (Å²) in [5, 5.41) is 0.954. The number of ether oxygens (including phenoxy) is 1. The fourth-order valence-corrected chi connectivity index (χ4v) is 4.65. The maximum Gasteiger partial charge on any atom is 0.266 e. The van der Waals surface area contributed by atoms with Gasteiger partial charge in [0.1, 0.15) is 12.4 Å². The van der Waals surface area contributed by atoms with Crippen molar-refractivity contribution in [3.63, 3.8) is 0 Å². The van der Waals surface area contributed by atoms with E-state index in [1.54, 1.807) is 41.7 Å². The highest BCUT2D eigenvalue weighted by molar-refractivity contribution is 7.11. The lowest BCUT2D eigenvalue weighted by Gasteiger charge is -2.32. The number of hydrogen-bond acceptors (Lipinski definition) is 6. The van der Waals surface area contributed by atoms with Crippen LogP contribution >= 0.6 is 11.3 Å². The first kappa shape index (κ1) is 18.5. The van der Waals surface area contributed by atoms with Gasteiger partial charge in [0.05, 0.1) is 27.5 Å². The molecule has 0 saturated heterocycles. The first-order valence-corrected chi connectivity index (χ1v) is 10.2. The summed E-state index contributed by atoms with van der Waals surface area (Å²) in [6, 6.07) is 12.2. The number of aryl methyl sites for hydroxylation is 2. The number of carbonyl (C=O) groups excluding carboxylic acids is 3. The zero-order valence-electron chi connectivity index (χ0n) is 16.3. The summed E-state index contributed by atoms with van der Waals surface area (Å²) in [6.45, 7) is 3.63. The van der Waals surface area contributed by atoms with E-state index >= 15 is 0 Å². The number of anilines is 1. The van der Waals surface area contributed by atoms with Gasteiger partial charge in [-0.25, -0.2) is 4.98 Å². The molecule has 0 saturated carbocycles. The number of thiazole rings is 1. The van der Waals surface area contributed by atoms with Crippen LogP contribution in [0.4, 0.5) is 5.69 Å². The van der Waals surface area contributed by atoms with Gasteiger partial charge < -0.3 is 4.74 Å². The zero-order valence-corrected chi connectivity index (χ0v) is 17.2. The summed E-state index contributed by atoms with van der Waals surface area (Å²) in [5.74, 6) is -0.598. The van der Waals surface area contributed by atoms with Crippen LogP contribution in [0.3, 0.4) is 0 Å². The van der Waals surface area contributed by atoms with Gasteiger partial charge in [0, 0.05) is 10.4 Å². The lowest BCUT2D eigenvalue weighted by atomic mass is 10.1. The van der Waals surface area contributed by atoms with Crippen molar-refractivity contribution in [3.05, 3.63) is 63.5 Å². The van der Waals surface area contributed by atoms with Crippen LogP contribution in [-0.4, -0.2) is 40.9 Å². The average Bonchev–Trinajstić information content (AvgIpc) is 3.20. The molecule has 2 aromatic carbocycles. The van der Waals surface area contributed by atoms with Crippen LogP contribution in [0.2, 0.25) is 0 Å². The molecule has 0 spiro atoms. The Bertz CT molecular complexity index is 1200. The number of hydrogen-bond donors (Lipinski definition) is 0. The van der Waals surface area contributed by atoms with E-state index in [4.69, 9.17) is 4.74 Å². The number of benzene rings is 2. The summed E-state index contributed by atoms with van der Waals surface area (Å²) in [5.41, 5.74) is 2.92. The molecule has 0 aliphatic carbocycles. The molecule has 0 unspecified atom stereocenters. The molecule has 0 radical (unpaired) electrons. The molecule has 30 heavy (non-hydrogen) atoms. The fourth-order valence-electron chi connectivity index (χ4n) is 3.81. The van der Waals surface area contributed by atoms with Gasteiger partial charge in [-0.1, -0.05) is 12.1 Å². The molecule has 0 fully saturated rings. The molecular formula is C22H17N3O4S. The summed E-state index contributed by atoms with van der Waals surface area (Å²) in [7, 11) is 0. The number of rotatable bonds is 3. The Hall–Kier alpha value is -3.52. The summed E-state index contributed by atoms with van der Waals surface area (Å²) in [6.07, 6.45) is 0. The topological polar surface area (TPSA) is 79.8 Å². The van der Waals surface area contributed by atoms with Crippen LogP contribution in [-0.2, 0) is 4.79 Å². The highest BCUT2D eigenvalue weighted by Gasteiger charge is 2.38. The SMILES string of the molecule is Cc1nc(-c2ccc3c(c2)N(CN2C(=O)c4ccccc4C2=O)C(=O)CO3)c(C)s1. The van der Waals surface area contributed by atoms with E-state index in [1.165, 1.54) is 4.90 Å². The normalized spacial score (nSPS) is 15.3. The smallest absolute Gasteiger partial charge is 0.266 e. The van der Waals surface area contributed by atoms with Crippen LogP contribution < -0.4 is 9.64 Å². The van der Waals surface area contributed by atoms with E-state index in [0.29, 0.717) is 22.6 Å². The molecule has 2 aliphatic rings. The molecule has 3 aromatic rings. The van der Waals surface area contributed by atoms with Gasteiger partial charge >= 0.3 is 0 Å². The first-order chi connectivity index (χ1) is 14.4. The summed E-state index contributed by atoms with van der Waals surface area (Å²) < 4.78 is 5.57. The van der Waals surface area contributed by atoms with Gasteiger partial charge in [-0.3, -0.25) is 24.2 Å². The molecule has 0 N–H and O–H groups in total. The van der Waals surface area contributed by atoms with Crippen molar-refractivity contribution < 1.29 is 19.1 Å². The molecule has 0 bridgehead atoms. The Kier molecular flexibility index (Phi) is 4.18. The van der Waals surface area contributed by atoms with E-state index in [0.717, 1.165) is 26.0 Å². The van der Waals surface area contributed by atoms with Crippen LogP contribution in [0, 0.1) is 13.8 Å². The Balaban J connectivity index is 1.53. The maximum atomic E-state index is 12.8. The Morgan fingerprint density at radius 3 is 2.33 bits per heavy atom. The van der Waals surface area contributed by atoms with Gasteiger partial charge in [0.25, 0.3) is 17.7 Å². The summed E-state index contributed by atoms with van der Waals surface area (Å²) >= 11 is 1.60. The predicted molar refractivity (Wildman–Crippen MR) is 112 cm³/mol. The standard InChI is InChI=1S/C22H17N3O4S/c1-12-20(23-13(2)30-12)14-7-8-18-17(9-14)24(19(26)10-29-18)11-25-21(27)15-5-3-4-6-16(15)22(25)28/h3-9H,10-11H2,1-2H3. The van der Waals surface area contributed by atoms with Crippen molar-refractivity contribution in [3.8, 4) is 17.0 Å². The van der Waals surface area contributed by atoms with Crippen LogP contribution in [0.15, 0.2) is 42.5 Å². The van der Waals surface area contributed by atoms with E-state index in [9.17, 15) is 14.4 Å². The van der Waals surface area contributed by atoms with Crippen LogP contribution in [0.25, 0.3) is 11.3 Å². The van der Waals surface area contributed by atoms with E-state index in [2.05, 4.69) is 4.98 Å². The van der Waals surface area contributed by atoms with Gasteiger partial charge in [-0.2, -0.15) is 0 Å². The van der Waals surface area contributed by atoms with Crippen molar-refractivity contribution in [1.29, 1.82) is 0 Å². The second kappa shape index (κ2) is 6.77. The quantitative estimate of drug-likeness (QED) is 0.608. The minimum absolute atomic E-state index is 0.148. The van der Waals surface area contributed by atoms with Crippen LogP contribution in [0.5, 0.6) is 5.75 Å². The largest absolute Gasteiger partial charge is 0.482 e. The number of amides is 3. The maximum absolute atomic E-state index is 12.8. The van der Waals surface area contributed by atoms with Crippen molar-refractivity contribution in [2.24, 2.45) is 0 Å². The van der Waals surface area contributed by atoms with E-state index in [-0.39, 0.29) is 19.2 Å². The van der Waals surface area contributed by atoms with E-state index < -0.39 is 11.8 Å². The van der Waals surface area contributed by atoms with Crippen LogP contribution in [0.1, 0.15) is 30.6 Å². The molecule has 0 atom stereocenters. The molecule has 5 rings (SSSR count). The summed E-state index contributed by atoms with van der Waals surface area (Å²) in [4.78, 5) is 46.4. The van der Waals surface area contributed by atoms with Gasteiger partial charge in [-0.15, -0.1) is 11.3 Å². The molecule has 2 aliphatic heterocycles. The van der Waals surface area contributed by atoms with E-state index in [1.807, 2.05) is 26.0 Å². The number of imide groups is 1. The Morgan fingerprint density at radius 2 is 1.70 bits per heavy atom. The Morgan fingerprint density at radius 1 is 1.00 bits per heavy atom. The Labute approximate surface area is 176 Å². The molecule has 150 valence electrons. The predicted octanol–water partition coefficient (Wildman–Crippen LogP) is 3.41. The lowest BCUT2D eigenvalue weighted by Crippen LogP contribution is -2.47. The average molecular weight is 419 g/mol. The molecular weight excluding hydrogens is 402 g/mol. The fraction of sp³-hybridized carbons (Fsp3) is 0.182. The molecule has 8 heteroatoms. The molecule has 3 heterocycles.